The molecule has 3 nitrogen and oxygen atoms in total. The van der Waals surface area contributed by atoms with Gasteiger partial charge < -0.3 is 10.5 Å². The van der Waals surface area contributed by atoms with Crippen molar-refractivity contribution in [1.29, 1.82) is 0 Å². The first-order valence-electron chi connectivity index (χ1n) is 11.7. The van der Waals surface area contributed by atoms with Crippen LogP contribution in [0.4, 0.5) is 0 Å². The Morgan fingerprint density at radius 1 is 0.939 bits per heavy atom. The highest BCUT2D eigenvalue weighted by Gasteiger charge is 2.58. The number of nitrogens with zero attached hydrogens (tertiary/aromatic N) is 1. The Hall–Kier alpha value is -2.80. The lowest BCUT2D eigenvalue weighted by molar-refractivity contribution is 0.148. The lowest BCUT2D eigenvalue weighted by Gasteiger charge is -2.34. The second-order valence-electron chi connectivity index (χ2n) is 9.60. The summed E-state index contributed by atoms with van der Waals surface area (Å²) >= 11 is 5.97. The largest absolute Gasteiger partial charge is 0.493 e. The van der Waals surface area contributed by atoms with Crippen LogP contribution in [0.25, 0.3) is 11.1 Å². The highest BCUT2D eigenvalue weighted by Crippen LogP contribution is 2.58. The first-order valence-corrected chi connectivity index (χ1v) is 12.1. The zero-order valence-electron chi connectivity index (χ0n) is 19.0. The molecule has 0 atom stereocenters. The van der Waals surface area contributed by atoms with E-state index in [1.165, 1.54) is 25.7 Å². The van der Waals surface area contributed by atoms with Crippen molar-refractivity contribution in [3.63, 3.8) is 0 Å². The molecule has 0 bridgehead atoms. The molecule has 4 heteroatoms. The van der Waals surface area contributed by atoms with Gasteiger partial charge in [-0.15, -0.1) is 0 Å². The fraction of sp³-hybridized carbons (Fsp3) is 0.345. The van der Waals surface area contributed by atoms with E-state index in [1.807, 2.05) is 54.7 Å². The third kappa shape index (κ3) is 4.64. The first kappa shape index (κ1) is 22.0. The summed E-state index contributed by atoms with van der Waals surface area (Å²) in [6.07, 6.45) is 9.01. The van der Waals surface area contributed by atoms with Gasteiger partial charge in [-0.3, -0.25) is 0 Å². The SMILES string of the molecule is Cc1cc(C#Cc2ccc(-c3ccc(Cl)cc3)cn2)ccc1OCC1(C2(N)CCCC2)CC1. The quantitative estimate of drug-likeness (QED) is 0.443. The van der Waals surface area contributed by atoms with Gasteiger partial charge in [-0.2, -0.15) is 0 Å². The van der Waals surface area contributed by atoms with Crippen molar-refractivity contribution in [2.24, 2.45) is 11.1 Å². The predicted molar refractivity (Wildman–Crippen MR) is 134 cm³/mol. The normalized spacial score (nSPS) is 17.8. The van der Waals surface area contributed by atoms with Crippen molar-refractivity contribution in [2.45, 2.75) is 51.0 Å². The maximum atomic E-state index is 6.76. The van der Waals surface area contributed by atoms with Gasteiger partial charge in [-0.05, 0) is 86.1 Å². The Labute approximate surface area is 201 Å². The molecule has 2 fully saturated rings. The number of hydrogen-bond acceptors (Lipinski definition) is 3. The van der Waals surface area contributed by atoms with E-state index in [1.54, 1.807) is 0 Å². The number of hydrogen-bond donors (Lipinski definition) is 1. The summed E-state index contributed by atoms with van der Waals surface area (Å²) in [4.78, 5) is 4.50. The number of nitrogens with two attached hydrogens (primary N) is 1. The minimum absolute atomic E-state index is 0.0254. The van der Waals surface area contributed by atoms with Crippen LogP contribution in [0.5, 0.6) is 5.75 Å². The summed E-state index contributed by atoms with van der Waals surface area (Å²) in [5.41, 5.74) is 11.8. The van der Waals surface area contributed by atoms with Crippen LogP contribution in [-0.4, -0.2) is 17.1 Å². The van der Waals surface area contributed by atoms with Crippen LogP contribution in [0.1, 0.15) is 55.3 Å². The van der Waals surface area contributed by atoms with E-state index in [-0.39, 0.29) is 11.0 Å². The van der Waals surface area contributed by atoms with Crippen LogP contribution in [0.2, 0.25) is 5.02 Å². The summed E-state index contributed by atoms with van der Waals surface area (Å²) in [5, 5.41) is 0.727. The Balaban J connectivity index is 1.24. The minimum Gasteiger partial charge on any atom is -0.493 e. The molecule has 0 radical (unpaired) electrons. The van der Waals surface area contributed by atoms with Crippen LogP contribution in [0.15, 0.2) is 60.8 Å². The van der Waals surface area contributed by atoms with Crippen LogP contribution in [-0.2, 0) is 0 Å². The molecular formula is C29H29ClN2O. The van der Waals surface area contributed by atoms with Crippen molar-refractivity contribution in [3.8, 4) is 28.7 Å². The molecule has 1 aromatic heterocycles. The maximum absolute atomic E-state index is 6.76. The minimum atomic E-state index is -0.0254. The van der Waals surface area contributed by atoms with Gasteiger partial charge in [0.1, 0.15) is 11.4 Å². The molecule has 2 N–H and O–H groups in total. The fourth-order valence-corrected chi connectivity index (χ4v) is 5.12. The Morgan fingerprint density at radius 2 is 1.67 bits per heavy atom. The zero-order chi connectivity index (χ0) is 22.9. The predicted octanol–water partition coefficient (Wildman–Crippen LogP) is 6.54. The van der Waals surface area contributed by atoms with Gasteiger partial charge in [-0.1, -0.05) is 48.6 Å². The third-order valence-corrected chi connectivity index (χ3v) is 7.61. The molecular weight excluding hydrogens is 428 g/mol. The van der Waals surface area contributed by atoms with Gasteiger partial charge in [0, 0.05) is 33.3 Å². The number of pyridine rings is 1. The van der Waals surface area contributed by atoms with E-state index in [9.17, 15) is 0 Å². The standard InChI is InChI=1S/C29H29ClN2O/c1-21-18-22(4-11-26-12-8-24(19-32-26)23-6-9-25(30)10-7-23)5-13-27(21)33-20-28(16-17-28)29(31)14-2-3-15-29/h5-10,12-13,18-19H,2-3,14-17,20,31H2,1H3. The molecule has 2 saturated carbocycles. The Morgan fingerprint density at radius 3 is 2.30 bits per heavy atom. The fourth-order valence-electron chi connectivity index (χ4n) is 5.00. The highest BCUT2D eigenvalue weighted by atomic mass is 35.5. The zero-order valence-corrected chi connectivity index (χ0v) is 19.8. The number of ether oxygens (including phenoxy) is 1. The molecule has 168 valence electrons. The van der Waals surface area contributed by atoms with Gasteiger partial charge in [0.15, 0.2) is 0 Å². The monoisotopic (exact) mass is 456 g/mol. The molecule has 0 spiro atoms. The van der Waals surface area contributed by atoms with E-state index in [0.717, 1.165) is 58.2 Å². The van der Waals surface area contributed by atoms with Gasteiger partial charge in [-0.25, -0.2) is 4.98 Å². The molecule has 3 aromatic rings. The molecule has 1 heterocycles. The molecule has 33 heavy (non-hydrogen) atoms. The summed E-state index contributed by atoms with van der Waals surface area (Å²) < 4.78 is 6.27. The average molecular weight is 457 g/mol. The molecule has 2 aromatic carbocycles. The van der Waals surface area contributed by atoms with Crippen molar-refractivity contribution >= 4 is 11.6 Å². The molecule has 0 aliphatic heterocycles. The Kier molecular flexibility index (Phi) is 5.91. The number of aryl methyl sites for hydroxylation is 1. The van der Waals surface area contributed by atoms with E-state index in [4.69, 9.17) is 22.1 Å². The molecule has 0 amide bonds. The lowest BCUT2D eigenvalue weighted by atomic mass is 9.80. The summed E-state index contributed by atoms with van der Waals surface area (Å²) in [5.74, 6) is 7.32. The van der Waals surface area contributed by atoms with Crippen LogP contribution < -0.4 is 10.5 Å². The smallest absolute Gasteiger partial charge is 0.122 e. The van der Waals surface area contributed by atoms with Crippen molar-refractivity contribution in [2.75, 3.05) is 6.61 Å². The van der Waals surface area contributed by atoms with Crippen molar-refractivity contribution < 1.29 is 4.74 Å². The van der Waals surface area contributed by atoms with Gasteiger partial charge in [0.25, 0.3) is 0 Å². The first-order chi connectivity index (χ1) is 16.0. The van der Waals surface area contributed by atoms with Crippen LogP contribution in [0.3, 0.4) is 0 Å². The van der Waals surface area contributed by atoms with E-state index in [2.05, 4.69) is 29.8 Å². The van der Waals surface area contributed by atoms with E-state index in [0.29, 0.717) is 0 Å². The van der Waals surface area contributed by atoms with Crippen molar-refractivity contribution in [3.05, 3.63) is 82.6 Å². The third-order valence-electron chi connectivity index (χ3n) is 7.36. The maximum Gasteiger partial charge on any atom is 0.122 e. The molecule has 0 saturated heterocycles. The Bertz CT molecular complexity index is 1200. The second-order valence-corrected chi connectivity index (χ2v) is 10.0. The van der Waals surface area contributed by atoms with E-state index < -0.39 is 0 Å². The van der Waals surface area contributed by atoms with E-state index >= 15 is 0 Å². The molecule has 5 rings (SSSR count). The van der Waals surface area contributed by atoms with Crippen LogP contribution in [0, 0.1) is 24.2 Å². The topological polar surface area (TPSA) is 48.1 Å². The summed E-state index contributed by atoms with van der Waals surface area (Å²) in [6.45, 7) is 2.80. The van der Waals surface area contributed by atoms with Gasteiger partial charge in [0.05, 0.1) is 6.61 Å². The van der Waals surface area contributed by atoms with Crippen molar-refractivity contribution in [1.82, 2.24) is 4.98 Å². The lowest BCUT2D eigenvalue weighted by Crippen LogP contribution is -2.48. The summed E-state index contributed by atoms with van der Waals surface area (Å²) in [7, 11) is 0. The molecule has 2 aliphatic carbocycles. The van der Waals surface area contributed by atoms with Gasteiger partial charge in [0.2, 0.25) is 0 Å². The number of benzene rings is 2. The van der Waals surface area contributed by atoms with Gasteiger partial charge >= 0.3 is 0 Å². The van der Waals surface area contributed by atoms with Crippen LogP contribution >= 0.6 is 11.6 Å². The average Bonchev–Trinajstić information content (AvgIpc) is 3.51. The number of aromatic nitrogens is 1. The summed E-state index contributed by atoms with van der Waals surface area (Å²) in [6, 6.07) is 17.9. The highest BCUT2D eigenvalue weighted by molar-refractivity contribution is 6.30. The second kappa shape index (κ2) is 8.86. The molecule has 2 aliphatic rings. The molecule has 0 unspecified atom stereocenters. The number of halogens is 1. The number of rotatable bonds is 5.